The topological polar surface area (TPSA) is 94.9 Å². The van der Waals surface area contributed by atoms with Gasteiger partial charge in [-0.1, -0.05) is 36.4 Å². The third kappa shape index (κ3) is 3.88. The number of carbonyl (C=O) groups is 1. The second kappa shape index (κ2) is 7.86. The summed E-state index contributed by atoms with van der Waals surface area (Å²) < 4.78 is 32.7. The smallest absolute Gasteiger partial charge is 0.295 e. The molecular weight excluding hydrogens is 414 g/mol. The van der Waals surface area contributed by atoms with Crippen molar-refractivity contribution in [3.05, 3.63) is 96.1 Å². The molecule has 0 atom stereocenters. The van der Waals surface area contributed by atoms with Crippen LogP contribution in [-0.2, 0) is 10.1 Å². The predicted molar refractivity (Wildman–Crippen MR) is 120 cm³/mol. The van der Waals surface area contributed by atoms with E-state index in [1.165, 1.54) is 24.3 Å². The fourth-order valence-electron chi connectivity index (χ4n) is 3.52. The lowest BCUT2D eigenvalue weighted by Crippen LogP contribution is -2.10. The Morgan fingerprint density at radius 2 is 1.48 bits per heavy atom. The summed E-state index contributed by atoms with van der Waals surface area (Å²) in [4.78, 5) is 14.5. The zero-order valence-electron chi connectivity index (χ0n) is 16.6. The molecule has 0 radical (unpaired) electrons. The predicted octanol–water partition coefficient (Wildman–Crippen LogP) is 4.79. The Balaban J connectivity index is 1.77. The van der Waals surface area contributed by atoms with Crippen LogP contribution in [0.5, 0.6) is 5.75 Å². The Hall–Kier alpha value is -3.68. The number of phenolic OH excluding ortho intramolecular Hbond substituents is 1. The number of carbonyl (C=O) groups excluding carboxylic acids is 1. The van der Waals surface area contributed by atoms with Crippen LogP contribution in [-0.4, -0.2) is 30.9 Å². The SMILES string of the molecule is CN(c1ccccc1)c1ccc2c(O)c(C(=O)c3ccccc3S(=O)(=O)O)ccc2c1. The highest BCUT2D eigenvalue weighted by molar-refractivity contribution is 7.86. The highest BCUT2D eigenvalue weighted by Crippen LogP contribution is 2.34. The molecule has 0 heterocycles. The number of para-hydroxylation sites is 1. The van der Waals surface area contributed by atoms with E-state index in [1.54, 1.807) is 12.1 Å². The molecule has 4 aromatic rings. The number of hydrogen-bond acceptors (Lipinski definition) is 5. The van der Waals surface area contributed by atoms with E-state index in [1.807, 2.05) is 54.4 Å². The standard InChI is InChI=1S/C24H19NO5S/c1-25(17-7-3-2-4-8-17)18-12-14-19-16(15-18)11-13-21(23(19)26)24(27)20-9-5-6-10-22(20)31(28,29)30/h2-15,26H,1H3,(H,28,29,30). The van der Waals surface area contributed by atoms with Gasteiger partial charge in [-0.2, -0.15) is 8.42 Å². The number of rotatable bonds is 5. The zero-order chi connectivity index (χ0) is 22.2. The van der Waals surface area contributed by atoms with Gasteiger partial charge in [-0.15, -0.1) is 0 Å². The van der Waals surface area contributed by atoms with Gasteiger partial charge in [-0.25, -0.2) is 0 Å². The Bertz CT molecular complexity index is 1400. The first-order valence-corrected chi connectivity index (χ1v) is 10.9. The molecule has 0 amide bonds. The molecule has 6 nitrogen and oxygen atoms in total. The van der Waals surface area contributed by atoms with Crippen LogP contribution in [0.1, 0.15) is 15.9 Å². The van der Waals surface area contributed by atoms with Gasteiger partial charge < -0.3 is 10.0 Å². The van der Waals surface area contributed by atoms with E-state index in [9.17, 15) is 22.9 Å². The van der Waals surface area contributed by atoms with Crippen LogP contribution >= 0.6 is 0 Å². The molecule has 156 valence electrons. The molecule has 7 heteroatoms. The van der Waals surface area contributed by atoms with Crippen LogP contribution in [0.25, 0.3) is 10.8 Å². The maximum absolute atomic E-state index is 13.0. The van der Waals surface area contributed by atoms with Crippen LogP contribution in [0.4, 0.5) is 11.4 Å². The van der Waals surface area contributed by atoms with Gasteiger partial charge in [-0.3, -0.25) is 9.35 Å². The Morgan fingerprint density at radius 3 is 2.19 bits per heavy atom. The van der Waals surface area contributed by atoms with E-state index >= 15 is 0 Å². The maximum atomic E-state index is 13.0. The number of ketones is 1. The van der Waals surface area contributed by atoms with Gasteiger partial charge in [0.15, 0.2) is 5.78 Å². The molecule has 0 aromatic heterocycles. The highest BCUT2D eigenvalue weighted by Gasteiger charge is 2.23. The minimum absolute atomic E-state index is 0.0484. The van der Waals surface area contributed by atoms with Crippen molar-refractivity contribution in [3.63, 3.8) is 0 Å². The van der Waals surface area contributed by atoms with E-state index in [0.717, 1.165) is 22.8 Å². The Morgan fingerprint density at radius 1 is 0.806 bits per heavy atom. The van der Waals surface area contributed by atoms with Crippen molar-refractivity contribution in [2.24, 2.45) is 0 Å². The third-order valence-corrected chi connectivity index (χ3v) is 6.07. The number of nitrogens with zero attached hydrogens (tertiary/aromatic N) is 1. The number of hydrogen-bond donors (Lipinski definition) is 2. The number of aromatic hydroxyl groups is 1. The van der Waals surface area contributed by atoms with Gasteiger partial charge in [0.1, 0.15) is 10.6 Å². The second-order valence-corrected chi connectivity index (χ2v) is 8.45. The average Bonchev–Trinajstić information content (AvgIpc) is 2.78. The van der Waals surface area contributed by atoms with Gasteiger partial charge in [0.05, 0.1) is 5.56 Å². The van der Waals surface area contributed by atoms with Gasteiger partial charge in [0.25, 0.3) is 10.1 Å². The summed E-state index contributed by atoms with van der Waals surface area (Å²) in [5, 5.41) is 12.0. The second-order valence-electron chi connectivity index (χ2n) is 7.06. The lowest BCUT2D eigenvalue weighted by Gasteiger charge is -2.20. The monoisotopic (exact) mass is 433 g/mol. The molecule has 0 spiro atoms. The molecule has 4 aromatic carbocycles. The summed E-state index contributed by atoms with van der Waals surface area (Å²) in [6, 6.07) is 23.7. The van der Waals surface area contributed by atoms with Crippen molar-refractivity contribution in [2.75, 3.05) is 11.9 Å². The summed E-state index contributed by atoms with van der Waals surface area (Å²) >= 11 is 0. The average molecular weight is 433 g/mol. The first-order valence-electron chi connectivity index (χ1n) is 9.43. The molecule has 0 fully saturated rings. The van der Waals surface area contributed by atoms with E-state index in [2.05, 4.69) is 0 Å². The fraction of sp³-hybridized carbons (Fsp3) is 0.0417. The number of anilines is 2. The van der Waals surface area contributed by atoms with E-state index in [-0.39, 0.29) is 16.9 Å². The van der Waals surface area contributed by atoms with Crippen molar-refractivity contribution < 1.29 is 22.9 Å². The number of benzene rings is 4. The molecule has 0 saturated heterocycles. The van der Waals surface area contributed by atoms with E-state index in [0.29, 0.717) is 5.39 Å². The zero-order valence-corrected chi connectivity index (χ0v) is 17.4. The summed E-state index contributed by atoms with van der Waals surface area (Å²) in [7, 11) is -2.66. The Kier molecular flexibility index (Phi) is 5.22. The van der Waals surface area contributed by atoms with Crippen molar-refractivity contribution in [3.8, 4) is 5.75 Å². The molecule has 0 saturated carbocycles. The van der Waals surface area contributed by atoms with Crippen LogP contribution in [0.2, 0.25) is 0 Å². The molecular formula is C24H19NO5S. The number of phenols is 1. The van der Waals surface area contributed by atoms with Gasteiger partial charge in [0.2, 0.25) is 0 Å². The quantitative estimate of drug-likeness (QED) is 0.347. The maximum Gasteiger partial charge on any atom is 0.295 e. The van der Waals surface area contributed by atoms with E-state index in [4.69, 9.17) is 0 Å². The van der Waals surface area contributed by atoms with Crippen LogP contribution < -0.4 is 4.90 Å². The largest absolute Gasteiger partial charge is 0.507 e. The van der Waals surface area contributed by atoms with Crippen LogP contribution in [0, 0.1) is 0 Å². The normalized spacial score (nSPS) is 11.4. The van der Waals surface area contributed by atoms with E-state index < -0.39 is 20.8 Å². The van der Waals surface area contributed by atoms with Crippen LogP contribution in [0.3, 0.4) is 0 Å². The molecule has 0 aliphatic rings. The van der Waals surface area contributed by atoms with Crippen LogP contribution in [0.15, 0.2) is 89.8 Å². The molecule has 0 unspecified atom stereocenters. The van der Waals surface area contributed by atoms with Gasteiger partial charge in [0, 0.05) is 29.4 Å². The first kappa shape index (κ1) is 20.6. The first-order chi connectivity index (χ1) is 14.8. The van der Waals surface area contributed by atoms with Crippen molar-refractivity contribution in [1.29, 1.82) is 0 Å². The lowest BCUT2D eigenvalue weighted by atomic mass is 9.98. The molecule has 0 bridgehead atoms. The third-order valence-electron chi connectivity index (χ3n) is 5.16. The molecule has 0 aliphatic heterocycles. The van der Waals surface area contributed by atoms with Gasteiger partial charge in [-0.05, 0) is 53.9 Å². The fourth-order valence-corrected chi connectivity index (χ4v) is 4.21. The summed E-state index contributed by atoms with van der Waals surface area (Å²) in [5.74, 6) is -0.945. The minimum Gasteiger partial charge on any atom is -0.507 e. The Labute approximate surface area is 179 Å². The molecule has 0 aliphatic carbocycles. The highest BCUT2D eigenvalue weighted by atomic mass is 32.2. The molecule has 4 rings (SSSR count). The van der Waals surface area contributed by atoms with Crippen molar-refractivity contribution >= 4 is 38.0 Å². The molecule has 31 heavy (non-hydrogen) atoms. The summed E-state index contributed by atoms with van der Waals surface area (Å²) in [5.41, 5.74) is 1.64. The minimum atomic E-state index is -4.59. The summed E-state index contributed by atoms with van der Waals surface area (Å²) in [6.45, 7) is 0. The molecule has 2 N–H and O–H groups in total. The van der Waals surface area contributed by atoms with Crippen molar-refractivity contribution in [1.82, 2.24) is 0 Å². The van der Waals surface area contributed by atoms with Crippen molar-refractivity contribution in [2.45, 2.75) is 4.90 Å². The summed E-state index contributed by atoms with van der Waals surface area (Å²) in [6.07, 6.45) is 0. The lowest BCUT2D eigenvalue weighted by molar-refractivity contribution is 0.103. The number of fused-ring (bicyclic) bond motifs is 1. The van der Waals surface area contributed by atoms with Gasteiger partial charge >= 0.3 is 0 Å².